The summed E-state index contributed by atoms with van der Waals surface area (Å²) in [5, 5.41) is 2.67. The van der Waals surface area contributed by atoms with Crippen molar-refractivity contribution in [3.05, 3.63) is 59.2 Å². The number of methoxy groups -OCH3 is 1. The van der Waals surface area contributed by atoms with Gasteiger partial charge in [0.15, 0.2) is 0 Å². The molecule has 1 aliphatic carbocycles. The number of aryl methyl sites for hydroxylation is 1. The van der Waals surface area contributed by atoms with Gasteiger partial charge in [0.1, 0.15) is 0 Å². The zero-order valence-corrected chi connectivity index (χ0v) is 16.9. The molecule has 4 heteroatoms. The molecule has 28 heavy (non-hydrogen) atoms. The molecule has 1 N–H and O–H groups in total. The van der Waals surface area contributed by atoms with E-state index in [2.05, 4.69) is 28.4 Å². The average molecular weight is 379 g/mol. The summed E-state index contributed by atoms with van der Waals surface area (Å²) in [6.45, 7) is 2.07. The number of hydrogen-bond acceptors (Lipinski definition) is 3. The van der Waals surface area contributed by atoms with Gasteiger partial charge in [-0.25, -0.2) is 0 Å². The van der Waals surface area contributed by atoms with Crippen molar-refractivity contribution >= 4 is 5.91 Å². The highest BCUT2D eigenvalue weighted by molar-refractivity contribution is 5.94. The lowest BCUT2D eigenvalue weighted by atomic mass is 9.85. The van der Waals surface area contributed by atoms with Crippen LogP contribution in [0.25, 0.3) is 11.1 Å². The van der Waals surface area contributed by atoms with E-state index in [0.29, 0.717) is 17.6 Å². The zero-order valence-electron chi connectivity index (χ0n) is 16.9. The first-order valence-electron chi connectivity index (χ1n) is 10.4. The normalized spacial score (nSPS) is 22.1. The molecule has 0 radical (unpaired) electrons. The number of ether oxygens (including phenoxy) is 1. The molecule has 4 rings (SSSR count). The lowest BCUT2D eigenvalue weighted by Gasteiger charge is -2.36. The molecule has 148 valence electrons. The highest BCUT2D eigenvalue weighted by Crippen LogP contribution is 2.32. The molecule has 2 aromatic carbocycles. The summed E-state index contributed by atoms with van der Waals surface area (Å²) in [6.07, 6.45) is 6.07. The maximum atomic E-state index is 11.7. The fourth-order valence-corrected chi connectivity index (χ4v) is 4.87. The minimum absolute atomic E-state index is 0.0447. The van der Waals surface area contributed by atoms with E-state index in [9.17, 15) is 4.79 Å². The van der Waals surface area contributed by atoms with Gasteiger partial charge < -0.3 is 10.1 Å². The van der Waals surface area contributed by atoms with Crippen molar-refractivity contribution in [3.8, 4) is 11.1 Å². The smallest absolute Gasteiger partial charge is 0.251 e. The summed E-state index contributed by atoms with van der Waals surface area (Å²) in [7, 11) is 3.47. The second-order valence-corrected chi connectivity index (χ2v) is 8.03. The summed E-state index contributed by atoms with van der Waals surface area (Å²) in [5.74, 6) is -0.0447. The number of nitrogens with one attached hydrogen (secondary N) is 1. The van der Waals surface area contributed by atoms with Crippen molar-refractivity contribution in [1.82, 2.24) is 10.2 Å². The molecule has 1 heterocycles. The van der Waals surface area contributed by atoms with E-state index in [4.69, 9.17) is 4.74 Å². The Kier molecular flexibility index (Phi) is 5.79. The van der Waals surface area contributed by atoms with Crippen molar-refractivity contribution < 1.29 is 9.53 Å². The minimum Gasteiger partial charge on any atom is -0.383 e. The Morgan fingerprint density at radius 1 is 1.11 bits per heavy atom. The van der Waals surface area contributed by atoms with E-state index in [-0.39, 0.29) is 5.91 Å². The van der Waals surface area contributed by atoms with E-state index < -0.39 is 0 Å². The van der Waals surface area contributed by atoms with Crippen molar-refractivity contribution in [2.24, 2.45) is 0 Å². The number of fused-ring (bicyclic) bond motifs is 1. The van der Waals surface area contributed by atoms with E-state index >= 15 is 0 Å². The Morgan fingerprint density at radius 2 is 1.89 bits per heavy atom. The average Bonchev–Trinajstić information content (AvgIpc) is 3.21. The van der Waals surface area contributed by atoms with Crippen molar-refractivity contribution in [3.63, 3.8) is 0 Å². The SMILES string of the molecule is CNC(=O)c1ccc(-c2ccc3c(c2)CCC(N2CCCC2COC)C3)cc1. The van der Waals surface area contributed by atoms with Gasteiger partial charge in [-0.15, -0.1) is 0 Å². The van der Waals surface area contributed by atoms with Gasteiger partial charge in [0.2, 0.25) is 0 Å². The van der Waals surface area contributed by atoms with Crippen LogP contribution < -0.4 is 5.32 Å². The van der Waals surface area contributed by atoms with Crippen LogP contribution in [0.3, 0.4) is 0 Å². The van der Waals surface area contributed by atoms with Crippen LogP contribution >= 0.6 is 0 Å². The number of nitrogens with zero attached hydrogens (tertiary/aromatic N) is 1. The minimum atomic E-state index is -0.0447. The number of benzene rings is 2. The molecule has 0 saturated carbocycles. The quantitative estimate of drug-likeness (QED) is 0.863. The molecule has 1 aliphatic heterocycles. The number of hydrogen-bond donors (Lipinski definition) is 1. The lowest BCUT2D eigenvalue weighted by Crippen LogP contribution is -2.44. The van der Waals surface area contributed by atoms with Crippen LogP contribution in [-0.2, 0) is 17.6 Å². The predicted octanol–water partition coefficient (Wildman–Crippen LogP) is 3.68. The Balaban J connectivity index is 1.49. The lowest BCUT2D eigenvalue weighted by molar-refractivity contribution is 0.0837. The maximum Gasteiger partial charge on any atom is 0.251 e. The van der Waals surface area contributed by atoms with Crippen LogP contribution in [-0.4, -0.2) is 50.2 Å². The van der Waals surface area contributed by atoms with Crippen molar-refractivity contribution in [2.75, 3.05) is 27.3 Å². The zero-order chi connectivity index (χ0) is 19.5. The molecule has 4 nitrogen and oxygen atoms in total. The Labute approximate surface area is 167 Å². The van der Waals surface area contributed by atoms with Gasteiger partial charge in [-0.3, -0.25) is 9.69 Å². The Morgan fingerprint density at radius 3 is 2.64 bits per heavy atom. The highest BCUT2D eigenvalue weighted by Gasteiger charge is 2.32. The first kappa shape index (κ1) is 19.2. The second kappa shape index (κ2) is 8.46. The molecular formula is C24H30N2O2. The Bertz CT molecular complexity index is 831. The molecule has 1 saturated heterocycles. The largest absolute Gasteiger partial charge is 0.383 e. The van der Waals surface area contributed by atoms with Crippen LogP contribution in [0.5, 0.6) is 0 Å². The Hall–Kier alpha value is -2.17. The summed E-state index contributed by atoms with van der Waals surface area (Å²) >= 11 is 0. The predicted molar refractivity (Wildman–Crippen MR) is 113 cm³/mol. The second-order valence-electron chi connectivity index (χ2n) is 8.03. The van der Waals surface area contributed by atoms with Gasteiger partial charge in [0, 0.05) is 31.8 Å². The number of likely N-dealkylation sites (tertiary alicyclic amines) is 1. The maximum absolute atomic E-state index is 11.7. The standard InChI is InChI=1S/C24H30N2O2/c1-25-24(27)18-7-5-17(6-8-18)19-9-10-21-15-22(12-11-20(21)14-19)26-13-3-4-23(26)16-28-2/h5-10,14,22-23H,3-4,11-13,15-16H2,1-2H3,(H,25,27). The molecule has 1 fully saturated rings. The number of carbonyl (C=O) groups excluding carboxylic acids is 1. The van der Waals surface area contributed by atoms with E-state index in [1.54, 1.807) is 7.05 Å². The number of carbonyl (C=O) groups is 1. The monoisotopic (exact) mass is 378 g/mol. The molecule has 2 atom stereocenters. The van der Waals surface area contributed by atoms with E-state index in [0.717, 1.165) is 25.0 Å². The third kappa shape index (κ3) is 3.85. The molecule has 0 spiro atoms. The van der Waals surface area contributed by atoms with E-state index in [1.165, 1.54) is 42.5 Å². The topological polar surface area (TPSA) is 41.6 Å². The molecule has 2 aliphatic rings. The molecule has 1 amide bonds. The van der Waals surface area contributed by atoms with Gasteiger partial charge in [-0.2, -0.15) is 0 Å². The molecule has 2 aromatic rings. The van der Waals surface area contributed by atoms with Gasteiger partial charge in [-0.05, 0) is 73.0 Å². The molecule has 2 unspecified atom stereocenters. The van der Waals surface area contributed by atoms with Gasteiger partial charge in [-0.1, -0.05) is 30.3 Å². The van der Waals surface area contributed by atoms with Gasteiger partial charge in [0.05, 0.1) is 6.61 Å². The van der Waals surface area contributed by atoms with Gasteiger partial charge in [0.25, 0.3) is 5.91 Å². The number of rotatable bonds is 5. The summed E-state index contributed by atoms with van der Waals surface area (Å²) in [4.78, 5) is 14.4. The van der Waals surface area contributed by atoms with Crippen LogP contribution in [0, 0.1) is 0 Å². The van der Waals surface area contributed by atoms with Crippen LogP contribution in [0.15, 0.2) is 42.5 Å². The summed E-state index contributed by atoms with van der Waals surface area (Å²) in [5.41, 5.74) is 6.07. The third-order valence-electron chi connectivity index (χ3n) is 6.37. The first-order chi connectivity index (χ1) is 13.7. The van der Waals surface area contributed by atoms with Crippen LogP contribution in [0.4, 0.5) is 0 Å². The molecule has 0 aromatic heterocycles. The van der Waals surface area contributed by atoms with Crippen LogP contribution in [0.2, 0.25) is 0 Å². The summed E-state index contributed by atoms with van der Waals surface area (Å²) < 4.78 is 5.44. The first-order valence-corrected chi connectivity index (χ1v) is 10.4. The highest BCUT2D eigenvalue weighted by atomic mass is 16.5. The fourth-order valence-electron chi connectivity index (χ4n) is 4.87. The van der Waals surface area contributed by atoms with Crippen LogP contribution in [0.1, 0.15) is 40.7 Å². The summed E-state index contributed by atoms with van der Waals surface area (Å²) in [6, 6.07) is 16.0. The third-order valence-corrected chi connectivity index (χ3v) is 6.37. The van der Waals surface area contributed by atoms with Crippen molar-refractivity contribution in [1.29, 1.82) is 0 Å². The van der Waals surface area contributed by atoms with E-state index in [1.807, 2.05) is 31.4 Å². The van der Waals surface area contributed by atoms with Gasteiger partial charge >= 0.3 is 0 Å². The fraction of sp³-hybridized carbons (Fsp3) is 0.458. The van der Waals surface area contributed by atoms with Crippen molar-refractivity contribution in [2.45, 2.75) is 44.2 Å². The number of amides is 1. The molecular weight excluding hydrogens is 348 g/mol. The molecule has 0 bridgehead atoms.